The molecular formula is C12H10F2N2O2. The van der Waals surface area contributed by atoms with E-state index in [0.717, 1.165) is 18.2 Å². The first-order valence-electron chi connectivity index (χ1n) is 5.25. The summed E-state index contributed by atoms with van der Waals surface area (Å²) in [5.41, 5.74) is 0.280. The highest BCUT2D eigenvalue weighted by Gasteiger charge is 2.10. The third-order valence-corrected chi connectivity index (χ3v) is 2.40. The van der Waals surface area contributed by atoms with Gasteiger partial charge in [0.2, 0.25) is 0 Å². The van der Waals surface area contributed by atoms with Crippen LogP contribution in [-0.4, -0.2) is 20.6 Å². The lowest BCUT2D eigenvalue weighted by Gasteiger charge is -2.06. The second kappa shape index (κ2) is 4.95. The zero-order valence-corrected chi connectivity index (χ0v) is 9.31. The topological polar surface area (TPSA) is 55.1 Å². The van der Waals surface area contributed by atoms with E-state index in [9.17, 15) is 13.6 Å². The van der Waals surface area contributed by atoms with Gasteiger partial charge in [0, 0.05) is 30.6 Å². The molecule has 0 radical (unpaired) electrons. The summed E-state index contributed by atoms with van der Waals surface area (Å²) in [5, 5.41) is 8.61. The summed E-state index contributed by atoms with van der Waals surface area (Å²) < 4.78 is 27.7. The number of carbonyl (C=O) groups is 1. The lowest BCUT2D eigenvalue weighted by atomic mass is 10.2. The standard InChI is InChI=1S/C12H10F2N2O2/c13-9-5-8(6-10(14)7-9)12-15-2-4-16(12)3-1-11(17)18/h2,4-7H,1,3H2,(H,17,18). The highest BCUT2D eigenvalue weighted by atomic mass is 19.1. The maximum atomic E-state index is 13.1. The van der Waals surface area contributed by atoms with Gasteiger partial charge in [-0.15, -0.1) is 0 Å². The summed E-state index contributed by atoms with van der Waals surface area (Å²) in [7, 11) is 0. The van der Waals surface area contributed by atoms with Gasteiger partial charge < -0.3 is 9.67 Å². The Bertz CT molecular complexity index is 561. The maximum Gasteiger partial charge on any atom is 0.305 e. The van der Waals surface area contributed by atoms with E-state index >= 15 is 0 Å². The fourth-order valence-electron chi connectivity index (χ4n) is 1.65. The summed E-state index contributed by atoms with van der Waals surface area (Å²) in [5.74, 6) is -2.00. The number of aryl methyl sites for hydroxylation is 1. The van der Waals surface area contributed by atoms with Gasteiger partial charge in [0.25, 0.3) is 0 Å². The van der Waals surface area contributed by atoms with Crippen molar-refractivity contribution in [3.8, 4) is 11.4 Å². The minimum absolute atomic E-state index is 0.0822. The molecule has 0 amide bonds. The molecule has 0 saturated carbocycles. The molecule has 1 aromatic carbocycles. The first-order chi connectivity index (χ1) is 8.56. The molecule has 18 heavy (non-hydrogen) atoms. The van der Waals surface area contributed by atoms with Crippen LogP contribution < -0.4 is 0 Å². The molecule has 94 valence electrons. The largest absolute Gasteiger partial charge is 0.481 e. The minimum atomic E-state index is -0.944. The van der Waals surface area contributed by atoms with Crippen molar-refractivity contribution >= 4 is 5.97 Å². The molecule has 6 heteroatoms. The maximum absolute atomic E-state index is 13.1. The lowest BCUT2D eigenvalue weighted by Crippen LogP contribution is -2.05. The van der Waals surface area contributed by atoms with Crippen LogP contribution in [0.25, 0.3) is 11.4 Å². The second-order valence-electron chi connectivity index (χ2n) is 3.75. The smallest absolute Gasteiger partial charge is 0.305 e. The van der Waals surface area contributed by atoms with Crippen LogP contribution in [0, 0.1) is 11.6 Å². The van der Waals surface area contributed by atoms with E-state index in [2.05, 4.69) is 4.98 Å². The monoisotopic (exact) mass is 252 g/mol. The first-order valence-corrected chi connectivity index (χ1v) is 5.25. The van der Waals surface area contributed by atoms with Crippen molar-refractivity contribution in [2.75, 3.05) is 0 Å². The predicted octanol–water partition coefficient (Wildman–Crippen LogP) is 2.30. The van der Waals surface area contributed by atoms with Crippen molar-refractivity contribution in [3.63, 3.8) is 0 Å². The second-order valence-corrected chi connectivity index (χ2v) is 3.75. The van der Waals surface area contributed by atoms with E-state index in [0.29, 0.717) is 5.82 Å². The third kappa shape index (κ3) is 2.71. The molecule has 1 aromatic heterocycles. The number of aliphatic carboxylic acids is 1. The highest BCUT2D eigenvalue weighted by Crippen LogP contribution is 2.20. The number of aromatic nitrogens is 2. The molecule has 1 heterocycles. The molecule has 0 unspecified atom stereocenters. The number of carboxylic acids is 1. The van der Waals surface area contributed by atoms with Gasteiger partial charge in [-0.3, -0.25) is 4.79 Å². The molecule has 0 saturated heterocycles. The Morgan fingerprint density at radius 3 is 2.56 bits per heavy atom. The van der Waals surface area contributed by atoms with Gasteiger partial charge in [-0.2, -0.15) is 0 Å². The Morgan fingerprint density at radius 2 is 1.94 bits per heavy atom. The van der Waals surface area contributed by atoms with E-state index in [4.69, 9.17) is 5.11 Å². The van der Waals surface area contributed by atoms with Crippen LogP contribution >= 0.6 is 0 Å². The molecular weight excluding hydrogens is 242 g/mol. The zero-order chi connectivity index (χ0) is 13.1. The SMILES string of the molecule is O=C(O)CCn1ccnc1-c1cc(F)cc(F)c1. The number of hydrogen-bond donors (Lipinski definition) is 1. The summed E-state index contributed by atoms with van der Waals surface area (Å²) in [6.45, 7) is 0.197. The number of nitrogens with zero attached hydrogens (tertiary/aromatic N) is 2. The lowest BCUT2D eigenvalue weighted by molar-refractivity contribution is -0.137. The molecule has 0 spiro atoms. The molecule has 0 aliphatic carbocycles. The van der Waals surface area contributed by atoms with Crippen LogP contribution in [0.4, 0.5) is 8.78 Å². The van der Waals surface area contributed by atoms with Gasteiger partial charge in [-0.1, -0.05) is 0 Å². The Hall–Kier alpha value is -2.24. The van der Waals surface area contributed by atoms with Crippen molar-refractivity contribution in [3.05, 3.63) is 42.2 Å². The minimum Gasteiger partial charge on any atom is -0.481 e. The van der Waals surface area contributed by atoms with Crippen LogP contribution in [0.2, 0.25) is 0 Å². The van der Waals surface area contributed by atoms with E-state index < -0.39 is 17.6 Å². The van der Waals surface area contributed by atoms with Crippen molar-refractivity contribution in [1.29, 1.82) is 0 Å². The van der Waals surface area contributed by atoms with Crippen molar-refractivity contribution in [2.45, 2.75) is 13.0 Å². The molecule has 0 atom stereocenters. The zero-order valence-electron chi connectivity index (χ0n) is 9.31. The Morgan fingerprint density at radius 1 is 1.28 bits per heavy atom. The number of hydrogen-bond acceptors (Lipinski definition) is 2. The molecule has 0 aliphatic rings. The number of halogens is 2. The van der Waals surface area contributed by atoms with Crippen LogP contribution in [0.1, 0.15) is 6.42 Å². The number of benzene rings is 1. The van der Waals surface area contributed by atoms with E-state index in [1.807, 2.05) is 0 Å². The summed E-state index contributed by atoms with van der Waals surface area (Å²) in [6.07, 6.45) is 2.95. The average Bonchev–Trinajstić information content (AvgIpc) is 2.72. The van der Waals surface area contributed by atoms with E-state index in [1.54, 1.807) is 10.8 Å². The van der Waals surface area contributed by atoms with Crippen LogP contribution in [-0.2, 0) is 11.3 Å². The van der Waals surface area contributed by atoms with Crippen molar-refractivity contribution in [1.82, 2.24) is 9.55 Å². The summed E-state index contributed by atoms with van der Waals surface area (Å²) in [4.78, 5) is 14.5. The fraction of sp³-hybridized carbons (Fsp3) is 0.167. The van der Waals surface area contributed by atoms with Crippen molar-refractivity contribution in [2.24, 2.45) is 0 Å². The van der Waals surface area contributed by atoms with Crippen molar-refractivity contribution < 1.29 is 18.7 Å². The molecule has 1 N–H and O–H groups in total. The normalized spacial score (nSPS) is 10.6. The highest BCUT2D eigenvalue weighted by molar-refractivity contribution is 5.66. The molecule has 4 nitrogen and oxygen atoms in total. The molecule has 0 bridgehead atoms. The van der Waals surface area contributed by atoms with Gasteiger partial charge in [0.15, 0.2) is 0 Å². The quantitative estimate of drug-likeness (QED) is 0.908. The summed E-state index contributed by atoms with van der Waals surface area (Å²) >= 11 is 0. The van der Waals surface area contributed by atoms with Gasteiger partial charge in [-0.25, -0.2) is 13.8 Å². The summed E-state index contributed by atoms with van der Waals surface area (Å²) in [6, 6.07) is 3.08. The Labute approximate surface area is 102 Å². The van der Waals surface area contributed by atoms with Crippen LogP contribution in [0.15, 0.2) is 30.6 Å². The number of carboxylic acid groups (broad SMARTS) is 1. The number of imidazole rings is 1. The first kappa shape index (κ1) is 12.2. The van der Waals surface area contributed by atoms with Gasteiger partial charge in [-0.05, 0) is 12.1 Å². The van der Waals surface area contributed by atoms with E-state index in [1.165, 1.54) is 6.20 Å². The third-order valence-electron chi connectivity index (χ3n) is 2.40. The van der Waals surface area contributed by atoms with Gasteiger partial charge >= 0.3 is 5.97 Å². The molecule has 0 fully saturated rings. The Kier molecular flexibility index (Phi) is 3.36. The number of rotatable bonds is 4. The van der Waals surface area contributed by atoms with Gasteiger partial charge in [0.05, 0.1) is 6.42 Å². The Balaban J connectivity index is 2.33. The van der Waals surface area contributed by atoms with Crippen LogP contribution in [0.5, 0.6) is 0 Å². The molecule has 2 aromatic rings. The fourth-order valence-corrected chi connectivity index (χ4v) is 1.65. The molecule has 0 aliphatic heterocycles. The van der Waals surface area contributed by atoms with Gasteiger partial charge in [0.1, 0.15) is 17.5 Å². The van der Waals surface area contributed by atoms with E-state index in [-0.39, 0.29) is 18.5 Å². The average molecular weight is 252 g/mol. The van der Waals surface area contributed by atoms with Crippen LogP contribution in [0.3, 0.4) is 0 Å². The predicted molar refractivity (Wildman–Crippen MR) is 59.8 cm³/mol. The molecule has 2 rings (SSSR count).